The van der Waals surface area contributed by atoms with Crippen LogP contribution in [0.3, 0.4) is 0 Å². The molecule has 0 saturated heterocycles. The number of aromatic nitrogens is 3. The molecule has 6 nitrogen and oxygen atoms in total. The van der Waals surface area contributed by atoms with E-state index in [0.29, 0.717) is 21.4 Å². The number of carbonyl (C=O) groups excluding carboxylic acids is 1. The number of hydrogen-bond acceptors (Lipinski definition) is 3. The van der Waals surface area contributed by atoms with Crippen LogP contribution in [-0.2, 0) is 0 Å². The quantitative estimate of drug-likeness (QED) is 0.762. The molecular formula is C15H10Cl2N4O2. The van der Waals surface area contributed by atoms with Gasteiger partial charge in [-0.15, -0.1) is 5.10 Å². The molecule has 3 aromatic rings. The first-order valence-electron chi connectivity index (χ1n) is 6.56. The average molecular weight is 349 g/mol. The number of benzene rings is 2. The maximum Gasteiger partial charge on any atom is 0.348 e. The van der Waals surface area contributed by atoms with Crippen LogP contribution in [0.4, 0.5) is 5.69 Å². The predicted octanol–water partition coefficient (Wildman–Crippen LogP) is 3.12. The van der Waals surface area contributed by atoms with Gasteiger partial charge in [-0.3, -0.25) is 9.78 Å². The van der Waals surface area contributed by atoms with Crippen LogP contribution < -0.4 is 11.0 Å². The van der Waals surface area contributed by atoms with Crippen molar-refractivity contribution in [1.82, 2.24) is 14.8 Å². The summed E-state index contributed by atoms with van der Waals surface area (Å²) >= 11 is 11.7. The highest BCUT2D eigenvalue weighted by atomic mass is 35.5. The molecule has 1 heterocycles. The van der Waals surface area contributed by atoms with E-state index >= 15 is 0 Å². The van der Waals surface area contributed by atoms with Crippen LogP contribution in [0.5, 0.6) is 0 Å². The molecule has 0 radical (unpaired) electrons. The van der Waals surface area contributed by atoms with E-state index in [-0.39, 0.29) is 5.82 Å². The Labute approximate surface area is 140 Å². The average Bonchev–Trinajstić information content (AvgIpc) is 2.94. The van der Waals surface area contributed by atoms with E-state index in [1.807, 2.05) is 6.07 Å². The second-order valence-electron chi connectivity index (χ2n) is 4.61. The highest BCUT2D eigenvalue weighted by Crippen LogP contribution is 2.25. The fraction of sp³-hybridized carbons (Fsp3) is 0. The number of hydrogen-bond donors (Lipinski definition) is 2. The molecule has 0 fully saturated rings. The van der Waals surface area contributed by atoms with Gasteiger partial charge in [-0.1, -0.05) is 41.4 Å². The van der Waals surface area contributed by atoms with E-state index in [1.165, 1.54) is 6.07 Å². The molecule has 0 saturated carbocycles. The molecule has 8 heteroatoms. The Morgan fingerprint density at radius 3 is 2.52 bits per heavy atom. The van der Waals surface area contributed by atoms with Gasteiger partial charge in [0.2, 0.25) is 5.82 Å². The maximum absolute atomic E-state index is 12.2. The first-order chi connectivity index (χ1) is 11.0. The summed E-state index contributed by atoms with van der Waals surface area (Å²) in [5.41, 5.74) is 0.498. The minimum atomic E-state index is -0.560. The highest BCUT2D eigenvalue weighted by Gasteiger charge is 2.14. The smallest absolute Gasteiger partial charge is 0.319 e. The number of aromatic amines is 1. The summed E-state index contributed by atoms with van der Waals surface area (Å²) in [6.07, 6.45) is 0. The van der Waals surface area contributed by atoms with E-state index in [0.717, 1.165) is 4.68 Å². The Hall–Kier alpha value is -2.57. The van der Waals surface area contributed by atoms with Crippen molar-refractivity contribution in [3.8, 4) is 5.69 Å². The number of halogens is 2. The monoisotopic (exact) mass is 348 g/mol. The Kier molecular flexibility index (Phi) is 4.18. The molecule has 3 rings (SSSR count). The lowest BCUT2D eigenvalue weighted by molar-refractivity contribution is 0.101. The van der Waals surface area contributed by atoms with Gasteiger partial charge in [0.1, 0.15) is 0 Å². The molecule has 0 unspecified atom stereocenters. The van der Waals surface area contributed by atoms with Crippen molar-refractivity contribution in [2.75, 3.05) is 5.32 Å². The van der Waals surface area contributed by atoms with Crippen LogP contribution >= 0.6 is 23.2 Å². The topological polar surface area (TPSA) is 79.8 Å². The molecular weight excluding hydrogens is 339 g/mol. The molecule has 2 N–H and O–H groups in total. The molecule has 23 heavy (non-hydrogen) atoms. The third-order valence-electron chi connectivity index (χ3n) is 3.01. The van der Waals surface area contributed by atoms with Gasteiger partial charge in [0.05, 0.1) is 15.7 Å². The number of amides is 1. The van der Waals surface area contributed by atoms with Crippen LogP contribution in [0, 0.1) is 0 Å². The highest BCUT2D eigenvalue weighted by molar-refractivity contribution is 6.42. The van der Waals surface area contributed by atoms with Crippen LogP contribution in [0.2, 0.25) is 10.0 Å². The summed E-state index contributed by atoms with van der Waals surface area (Å²) < 4.78 is 1.11. The van der Waals surface area contributed by atoms with Gasteiger partial charge < -0.3 is 5.32 Å². The Bertz CT molecular complexity index is 919. The Morgan fingerprint density at radius 1 is 1.09 bits per heavy atom. The fourth-order valence-electron chi connectivity index (χ4n) is 1.94. The molecule has 0 aliphatic rings. The molecule has 0 atom stereocenters. The predicted molar refractivity (Wildman–Crippen MR) is 88.6 cm³/mol. The van der Waals surface area contributed by atoms with Crippen molar-refractivity contribution in [2.24, 2.45) is 0 Å². The molecule has 0 aliphatic heterocycles. The zero-order chi connectivity index (χ0) is 16.4. The maximum atomic E-state index is 12.2. The largest absolute Gasteiger partial charge is 0.348 e. The lowest BCUT2D eigenvalue weighted by Gasteiger charge is -2.04. The van der Waals surface area contributed by atoms with Crippen LogP contribution in [0.25, 0.3) is 5.69 Å². The molecule has 0 bridgehead atoms. The minimum absolute atomic E-state index is 0.107. The zero-order valence-electron chi connectivity index (χ0n) is 11.6. The second-order valence-corrected chi connectivity index (χ2v) is 5.42. The molecule has 116 valence electrons. The number of nitrogens with one attached hydrogen (secondary N) is 2. The van der Waals surface area contributed by atoms with Crippen LogP contribution in [0.15, 0.2) is 53.3 Å². The summed E-state index contributed by atoms with van der Waals surface area (Å²) in [5, 5.41) is 7.28. The SMILES string of the molecule is O=C(Nc1ccc(Cl)c(Cl)c1)c1nn(-c2ccccc2)c(=O)[nH]1. The molecule has 1 amide bonds. The van der Waals surface area contributed by atoms with Gasteiger partial charge in [-0.05, 0) is 30.3 Å². The van der Waals surface area contributed by atoms with Gasteiger partial charge in [0.15, 0.2) is 0 Å². The lowest BCUT2D eigenvalue weighted by atomic mass is 10.3. The third kappa shape index (κ3) is 3.28. The van der Waals surface area contributed by atoms with Crippen molar-refractivity contribution in [2.45, 2.75) is 0 Å². The number of rotatable bonds is 3. The minimum Gasteiger partial charge on any atom is -0.319 e. The molecule has 2 aromatic carbocycles. The number of carbonyl (C=O) groups is 1. The summed E-state index contributed by atoms with van der Waals surface area (Å²) in [4.78, 5) is 26.5. The van der Waals surface area contributed by atoms with Gasteiger partial charge in [-0.25, -0.2) is 4.79 Å². The van der Waals surface area contributed by atoms with E-state index < -0.39 is 11.6 Å². The zero-order valence-corrected chi connectivity index (χ0v) is 13.1. The summed E-state index contributed by atoms with van der Waals surface area (Å²) in [6.45, 7) is 0. The first-order valence-corrected chi connectivity index (χ1v) is 7.31. The van der Waals surface area contributed by atoms with E-state index in [4.69, 9.17) is 23.2 Å². The summed E-state index contributed by atoms with van der Waals surface area (Å²) in [7, 11) is 0. The van der Waals surface area contributed by atoms with Crippen molar-refractivity contribution in [3.05, 3.63) is 74.9 Å². The van der Waals surface area contributed by atoms with Gasteiger partial charge in [0.25, 0.3) is 5.91 Å². The number of nitrogens with zero attached hydrogens (tertiary/aromatic N) is 2. The second kappa shape index (κ2) is 6.28. The molecule has 0 spiro atoms. The first kappa shape index (κ1) is 15.3. The van der Waals surface area contributed by atoms with Gasteiger partial charge >= 0.3 is 5.69 Å². The number of para-hydroxylation sites is 1. The Morgan fingerprint density at radius 2 is 1.83 bits per heavy atom. The standard InChI is InChI=1S/C15H10Cl2N4O2/c16-11-7-6-9(8-12(11)17)18-14(22)13-19-15(23)21(20-13)10-4-2-1-3-5-10/h1-8H,(H,18,22)(H,19,20,23). The van der Waals surface area contributed by atoms with Crippen LogP contribution in [-0.4, -0.2) is 20.7 Å². The normalized spacial score (nSPS) is 10.5. The van der Waals surface area contributed by atoms with E-state index in [2.05, 4.69) is 15.4 Å². The van der Waals surface area contributed by atoms with Crippen LogP contribution in [0.1, 0.15) is 10.6 Å². The lowest BCUT2D eigenvalue weighted by Crippen LogP contribution is -2.15. The van der Waals surface area contributed by atoms with E-state index in [9.17, 15) is 9.59 Å². The Balaban J connectivity index is 1.86. The molecule has 0 aliphatic carbocycles. The van der Waals surface area contributed by atoms with Crippen molar-refractivity contribution < 1.29 is 4.79 Å². The van der Waals surface area contributed by atoms with Crippen molar-refractivity contribution in [1.29, 1.82) is 0 Å². The molecule has 1 aromatic heterocycles. The van der Waals surface area contributed by atoms with Crippen molar-refractivity contribution >= 4 is 34.8 Å². The van der Waals surface area contributed by atoms with E-state index in [1.54, 1.807) is 36.4 Å². The summed E-state index contributed by atoms with van der Waals surface area (Å²) in [5.74, 6) is -0.667. The van der Waals surface area contributed by atoms with Gasteiger partial charge in [-0.2, -0.15) is 4.68 Å². The fourth-order valence-corrected chi connectivity index (χ4v) is 2.23. The summed E-state index contributed by atoms with van der Waals surface area (Å²) in [6, 6.07) is 13.4. The van der Waals surface area contributed by atoms with Crippen molar-refractivity contribution in [3.63, 3.8) is 0 Å². The van der Waals surface area contributed by atoms with Gasteiger partial charge in [0, 0.05) is 5.69 Å². The third-order valence-corrected chi connectivity index (χ3v) is 3.75. The number of H-pyrrole nitrogens is 1. The number of anilines is 1.